The number of halogens is 3. The lowest BCUT2D eigenvalue weighted by atomic mass is 10.1. The second kappa shape index (κ2) is 5.53. The second-order valence-electron chi connectivity index (χ2n) is 4.60. The topological polar surface area (TPSA) is 12.5 Å². The van der Waals surface area contributed by atoms with Gasteiger partial charge in [0.1, 0.15) is 5.75 Å². The Bertz CT molecular complexity index is 415. The lowest BCUT2D eigenvalue weighted by Crippen LogP contribution is -2.38. The first-order valence-electron chi connectivity index (χ1n) is 5.93. The van der Waals surface area contributed by atoms with Gasteiger partial charge in [-0.05, 0) is 33.6 Å². The largest absolute Gasteiger partial charge is 0.496 e. The van der Waals surface area contributed by atoms with E-state index in [1.807, 2.05) is 18.2 Å². The maximum absolute atomic E-state index is 13.0. The number of hydrogen-bond donors (Lipinski definition) is 0. The molecule has 0 atom stereocenters. The van der Waals surface area contributed by atoms with Gasteiger partial charge in [0, 0.05) is 32.5 Å². The first kappa shape index (κ1) is 13.7. The van der Waals surface area contributed by atoms with Crippen LogP contribution in [0.2, 0.25) is 0 Å². The minimum absolute atomic E-state index is 0.0374. The van der Waals surface area contributed by atoms with E-state index in [2.05, 4.69) is 20.8 Å². The fourth-order valence-electron chi connectivity index (χ4n) is 2.10. The van der Waals surface area contributed by atoms with Crippen LogP contribution in [-0.2, 0) is 6.54 Å². The predicted molar refractivity (Wildman–Crippen MR) is 70.2 cm³/mol. The first-order valence-corrected chi connectivity index (χ1v) is 6.72. The van der Waals surface area contributed by atoms with Crippen LogP contribution in [-0.4, -0.2) is 31.0 Å². The summed E-state index contributed by atoms with van der Waals surface area (Å²) >= 11 is 3.43. The second-order valence-corrected chi connectivity index (χ2v) is 5.46. The highest BCUT2D eigenvalue weighted by molar-refractivity contribution is 9.10. The maximum atomic E-state index is 13.0. The van der Waals surface area contributed by atoms with E-state index < -0.39 is 5.92 Å². The molecule has 1 aromatic rings. The van der Waals surface area contributed by atoms with Gasteiger partial charge in [-0.1, -0.05) is 6.07 Å². The molecule has 0 amide bonds. The highest BCUT2D eigenvalue weighted by atomic mass is 79.9. The van der Waals surface area contributed by atoms with Gasteiger partial charge in [-0.15, -0.1) is 0 Å². The molecule has 100 valence electrons. The van der Waals surface area contributed by atoms with Gasteiger partial charge >= 0.3 is 0 Å². The monoisotopic (exact) mass is 319 g/mol. The maximum Gasteiger partial charge on any atom is 0.250 e. The molecular weight excluding hydrogens is 304 g/mol. The highest BCUT2D eigenvalue weighted by Crippen LogP contribution is 2.30. The zero-order valence-electron chi connectivity index (χ0n) is 10.3. The minimum atomic E-state index is -2.48. The molecule has 1 heterocycles. The summed E-state index contributed by atoms with van der Waals surface area (Å²) < 4.78 is 32.1. The molecule has 2 rings (SSSR count). The summed E-state index contributed by atoms with van der Waals surface area (Å²) in [7, 11) is 1.62. The molecular formula is C13H16BrF2NO. The summed E-state index contributed by atoms with van der Waals surface area (Å²) in [4.78, 5) is 2.06. The van der Waals surface area contributed by atoms with Crippen molar-refractivity contribution in [2.75, 3.05) is 20.2 Å². The van der Waals surface area contributed by atoms with E-state index in [0.29, 0.717) is 19.6 Å². The van der Waals surface area contributed by atoms with Gasteiger partial charge in [-0.2, -0.15) is 0 Å². The van der Waals surface area contributed by atoms with Crippen molar-refractivity contribution in [3.05, 3.63) is 28.2 Å². The van der Waals surface area contributed by atoms with Crippen LogP contribution in [0, 0.1) is 0 Å². The van der Waals surface area contributed by atoms with Crippen molar-refractivity contribution in [3.8, 4) is 5.75 Å². The Labute approximate surface area is 114 Å². The third-order valence-corrected chi connectivity index (χ3v) is 3.83. The van der Waals surface area contributed by atoms with E-state index in [9.17, 15) is 8.78 Å². The summed E-state index contributed by atoms with van der Waals surface area (Å²) in [6.07, 6.45) is -0.0748. The van der Waals surface area contributed by atoms with Crippen LogP contribution in [0.3, 0.4) is 0 Å². The number of likely N-dealkylation sites (tertiary alicyclic amines) is 1. The molecule has 1 aromatic carbocycles. The lowest BCUT2D eigenvalue weighted by Gasteiger charge is -2.31. The number of methoxy groups -OCH3 is 1. The van der Waals surface area contributed by atoms with Crippen LogP contribution in [0.15, 0.2) is 22.7 Å². The minimum Gasteiger partial charge on any atom is -0.496 e. The first-order chi connectivity index (χ1) is 8.50. The third kappa shape index (κ3) is 3.42. The van der Waals surface area contributed by atoms with Gasteiger partial charge in [0.15, 0.2) is 0 Å². The molecule has 5 heteroatoms. The van der Waals surface area contributed by atoms with Crippen LogP contribution < -0.4 is 4.74 Å². The van der Waals surface area contributed by atoms with Gasteiger partial charge in [-0.25, -0.2) is 8.78 Å². The van der Waals surface area contributed by atoms with E-state index >= 15 is 0 Å². The molecule has 0 aliphatic carbocycles. The van der Waals surface area contributed by atoms with E-state index in [-0.39, 0.29) is 12.8 Å². The van der Waals surface area contributed by atoms with Crippen LogP contribution in [0.5, 0.6) is 5.75 Å². The van der Waals surface area contributed by atoms with Gasteiger partial charge in [0.2, 0.25) is 0 Å². The zero-order chi connectivity index (χ0) is 13.2. The molecule has 1 aliphatic heterocycles. The highest BCUT2D eigenvalue weighted by Gasteiger charge is 2.33. The molecule has 0 aromatic heterocycles. The van der Waals surface area contributed by atoms with Crippen molar-refractivity contribution < 1.29 is 13.5 Å². The van der Waals surface area contributed by atoms with Crippen LogP contribution in [0.4, 0.5) is 8.78 Å². The Kier molecular flexibility index (Phi) is 4.22. The van der Waals surface area contributed by atoms with Gasteiger partial charge in [0.25, 0.3) is 5.92 Å². The zero-order valence-corrected chi connectivity index (χ0v) is 11.8. The molecule has 0 unspecified atom stereocenters. The lowest BCUT2D eigenvalue weighted by molar-refractivity contribution is -0.0566. The molecule has 18 heavy (non-hydrogen) atoms. The summed E-state index contributed by atoms with van der Waals surface area (Å²) in [6.45, 7) is 1.62. The number of alkyl halides is 2. The predicted octanol–water partition coefficient (Wildman–Crippen LogP) is 3.69. The number of piperidine rings is 1. The molecule has 0 radical (unpaired) electrons. The van der Waals surface area contributed by atoms with E-state index in [0.717, 1.165) is 15.8 Å². The molecule has 0 bridgehead atoms. The number of benzene rings is 1. The van der Waals surface area contributed by atoms with Crippen molar-refractivity contribution in [2.45, 2.75) is 25.3 Å². The average Bonchev–Trinajstić information content (AvgIpc) is 2.32. The summed E-state index contributed by atoms with van der Waals surface area (Å²) in [5.74, 6) is -1.69. The van der Waals surface area contributed by atoms with Crippen molar-refractivity contribution >= 4 is 15.9 Å². The molecule has 1 aliphatic rings. The average molecular weight is 320 g/mol. The fraction of sp³-hybridized carbons (Fsp3) is 0.538. The van der Waals surface area contributed by atoms with Crippen LogP contribution in [0.25, 0.3) is 0 Å². The van der Waals surface area contributed by atoms with E-state index in [4.69, 9.17) is 4.74 Å². The van der Waals surface area contributed by atoms with Gasteiger partial charge < -0.3 is 4.74 Å². The summed E-state index contributed by atoms with van der Waals surface area (Å²) in [5, 5.41) is 0. The van der Waals surface area contributed by atoms with Crippen molar-refractivity contribution in [1.29, 1.82) is 0 Å². The Morgan fingerprint density at radius 2 is 2.00 bits per heavy atom. The number of rotatable bonds is 3. The van der Waals surface area contributed by atoms with E-state index in [1.165, 1.54) is 0 Å². The van der Waals surface area contributed by atoms with Gasteiger partial charge in [0.05, 0.1) is 11.6 Å². The number of ether oxygens (including phenoxy) is 1. The van der Waals surface area contributed by atoms with E-state index in [1.54, 1.807) is 7.11 Å². The molecule has 1 saturated heterocycles. The normalized spacial score (nSPS) is 19.8. The Morgan fingerprint density at radius 1 is 1.33 bits per heavy atom. The number of nitrogens with zero attached hydrogens (tertiary/aromatic N) is 1. The fourth-order valence-corrected chi connectivity index (χ4v) is 2.69. The molecule has 2 nitrogen and oxygen atoms in total. The molecule has 0 spiro atoms. The Hall–Kier alpha value is -0.680. The van der Waals surface area contributed by atoms with Crippen molar-refractivity contribution in [1.82, 2.24) is 4.90 Å². The molecule has 0 N–H and O–H groups in total. The third-order valence-electron chi connectivity index (χ3n) is 3.21. The summed E-state index contributed by atoms with van der Waals surface area (Å²) in [5.41, 5.74) is 1.10. The summed E-state index contributed by atoms with van der Waals surface area (Å²) in [6, 6.07) is 5.83. The Balaban J connectivity index is 1.96. The smallest absolute Gasteiger partial charge is 0.250 e. The van der Waals surface area contributed by atoms with Gasteiger partial charge in [-0.3, -0.25) is 4.90 Å². The SMILES string of the molecule is COc1ccc(CN2CCC(F)(F)CC2)cc1Br. The van der Waals surface area contributed by atoms with Crippen molar-refractivity contribution in [2.24, 2.45) is 0 Å². The molecule has 1 fully saturated rings. The standard InChI is InChI=1S/C13H16BrF2NO/c1-18-12-3-2-10(8-11(12)14)9-17-6-4-13(15,16)5-7-17/h2-3,8H,4-7,9H2,1H3. The van der Waals surface area contributed by atoms with Crippen LogP contribution in [0.1, 0.15) is 18.4 Å². The Morgan fingerprint density at radius 3 is 2.56 bits per heavy atom. The van der Waals surface area contributed by atoms with Crippen LogP contribution >= 0.6 is 15.9 Å². The quantitative estimate of drug-likeness (QED) is 0.842. The number of hydrogen-bond acceptors (Lipinski definition) is 2. The van der Waals surface area contributed by atoms with Crippen molar-refractivity contribution in [3.63, 3.8) is 0 Å². The molecule has 0 saturated carbocycles.